The Morgan fingerprint density at radius 3 is 2.89 bits per heavy atom. The number of rotatable bonds is 6. The maximum absolute atomic E-state index is 10.7. The van der Waals surface area contributed by atoms with Crippen molar-refractivity contribution in [2.75, 3.05) is 6.61 Å². The molecule has 1 saturated heterocycles. The van der Waals surface area contributed by atoms with Crippen LogP contribution in [0.2, 0.25) is 0 Å². The molecule has 2 N–H and O–H groups in total. The number of amides is 1. The van der Waals surface area contributed by atoms with Crippen molar-refractivity contribution in [3.05, 3.63) is 41.5 Å². The molecule has 0 spiro atoms. The number of carbonyl (C=O) groups is 1. The summed E-state index contributed by atoms with van der Waals surface area (Å²) in [7, 11) is 1.89. The molecule has 2 heterocycles. The van der Waals surface area contributed by atoms with Gasteiger partial charge in [-0.25, -0.2) is 4.79 Å². The molecule has 8 heteroatoms. The van der Waals surface area contributed by atoms with Gasteiger partial charge in [0.15, 0.2) is 11.6 Å². The van der Waals surface area contributed by atoms with Crippen molar-refractivity contribution in [1.82, 2.24) is 20.1 Å². The maximum atomic E-state index is 10.7. The fourth-order valence-electron chi connectivity index (χ4n) is 3.14. The van der Waals surface area contributed by atoms with Crippen molar-refractivity contribution >= 4 is 6.09 Å². The average Bonchev–Trinajstić information content (AvgIpc) is 3.01. The lowest BCUT2D eigenvalue weighted by atomic mass is 10.0. The summed E-state index contributed by atoms with van der Waals surface area (Å²) >= 11 is 0. The van der Waals surface area contributed by atoms with Crippen molar-refractivity contribution in [3.63, 3.8) is 0 Å². The minimum atomic E-state index is -1.03. The van der Waals surface area contributed by atoms with Crippen LogP contribution in [0.4, 0.5) is 4.79 Å². The molecule has 1 aliphatic rings. The molecular weight excluding hydrogens is 348 g/mol. The zero-order chi connectivity index (χ0) is 19.4. The maximum Gasteiger partial charge on any atom is 0.404 e. The lowest BCUT2D eigenvalue weighted by molar-refractivity contribution is -0.00966. The van der Waals surface area contributed by atoms with E-state index in [-0.39, 0.29) is 12.1 Å². The Balaban J connectivity index is 1.59. The normalized spacial score (nSPS) is 19.9. The molecule has 1 fully saturated rings. The molecule has 0 bridgehead atoms. The Morgan fingerprint density at radius 1 is 1.41 bits per heavy atom. The summed E-state index contributed by atoms with van der Waals surface area (Å²) in [5, 5.41) is 19.7. The van der Waals surface area contributed by atoms with Crippen LogP contribution in [0, 0.1) is 0 Å². The minimum Gasteiger partial charge on any atom is -0.486 e. The van der Waals surface area contributed by atoms with Crippen molar-refractivity contribution in [2.45, 2.75) is 51.4 Å². The Kier molecular flexibility index (Phi) is 5.95. The first kappa shape index (κ1) is 19.2. The van der Waals surface area contributed by atoms with Crippen molar-refractivity contribution in [1.29, 1.82) is 0 Å². The Labute approximate surface area is 158 Å². The van der Waals surface area contributed by atoms with Crippen LogP contribution >= 0.6 is 0 Å². The monoisotopic (exact) mass is 374 g/mol. The van der Waals surface area contributed by atoms with Gasteiger partial charge in [0, 0.05) is 7.05 Å². The van der Waals surface area contributed by atoms with Crippen LogP contribution in [-0.2, 0) is 18.4 Å². The smallest absolute Gasteiger partial charge is 0.404 e. The number of hydrogen-bond donors (Lipinski definition) is 2. The van der Waals surface area contributed by atoms with Gasteiger partial charge in [0.05, 0.1) is 12.6 Å². The quantitative estimate of drug-likeness (QED) is 0.806. The lowest BCUT2D eigenvalue weighted by Crippen LogP contribution is -2.40. The summed E-state index contributed by atoms with van der Waals surface area (Å²) in [6.45, 7) is 4.95. The lowest BCUT2D eigenvalue weighted by Gasteiger charge is -2.28. The van der Waals surface area contributed by atoms with E-state index in [1.165, 1.54) is 5.56 Å². The predicted molar refractivity (Wildman–Crippen MR) is 98.7 cm³/mol. The van der Waals surface area contributed by atoms with Gasteiger partial charge in [-0.3, -0.25) is 0 Å². The number of aromatic nitrogens is 3. The van der Waals surface area contributed by atoms with E-state index in [0.29, 0.717) is 37.8 Å². The van der Waals surface area contributed by atoms with Gasteiger partial charge in [0.2, 0.25) is 0 Å². The van der Waals surface area contributed by atoms with E-state index in [9.17, 15) is 4.79 Å². The van der Waals surface area contributed by atoms with E-state index in [1.807, 2.05) is 29.8 Å². The molecule has 1 aromatic carbocycles. The number of ether oxygens (including phenoxy) is 2. The number of benzene rings is 1. The first-order valence-corrected chi connectivity index (χ1v) is 9.16. The molecule has 0 saturated carbocycles. The second kappa shape index (κ2) is 8.39. The number of carboxylic acid groups (broad SMARTS) is 1. The summed E-state index contributed by atoms with van der Waals surface area (Å²) in [5.74, 6) is 2.70. The zero-order valence-corrected chi connectivity index (χ0v) is 15.9. The van der Waals surface area contributed by atoms with Crippen molar-refractivity contribution in [2.24, 2.45) is 7.05 Å². The van der Waals surface area contributed by atoms with E-state index in [2.05, 4.69) is 35.4 Å². The summed E-state index contributed by atoms with van der Waals surface area (Å²) in [4.78, 5) is 10.7. The summed E-state index contributed by atoms with van der Waals surface area (Å²) in [6, 6.07) is 7.88. The van der Waals surface area contributed by atoms with Crippen LogP contribution in [0.5, 0.6) is 5.75 Å². The average molecular weight is 374 g/mol. The summed E-state index contributed by atoms with van der Waals surface area (Å²) in [6.07, 6.45) is 0.181. The number of hydrogen-bond acceptors (Lipinski definition) is 5. The Morgan fingerprint density at radius 2 is 2.22 bits per heavy atom. The highest BCUT2D eigenvalue weighted by Gasteiger charge is 2.27. The van der Waals surface area contributed by atoms with Gasteiger partial charge < -0.3 is 24.5 Å². The van der Waals surface area contributed by atoms with Gasteiger partial charge >= 0.3 is 6.09 Å². The van der Waals surface area contributed by atoms with Gasteiger partial charge in [-0.2, -0.15) is 0 Å². The number of nitrogens with zero attached hydrogens (tertiary/aromatic N) is 3. The fourth-order valence-corrected chi connectivity index (χ4v) is 3.14. The molecule has 2 atom stereocenters. The second-order valence-corrected chi connectivity index (χ2v) is 7.10. The summed E-state index contributed by atoms with van der Waals surface area (Å²) < 4.78 is 13.6. The SMILES string of the molecule is CC(C)c1cccc(OCc2nnc([C@@H]3CC[C@@H](NC(=O)O)CO3)n2C)c1. The van der Waals surface area contributed by atoms with E-state index in [4.69, 9.17) is 14.6 Å². The molecule has 3 rings (SSSR count). The zero-order valence-electron chi connectivity index (χ0n) is 15.9. The standard InChI is InChI=1S/C19H26N4O4/c1-12(2)13-5-4-6-15(9-13)26-11-17-21-22-18(23(17)3)16-8-7-14(10-27-16)20-19(24)25/h4-6,9,12,14,16,20H,7-8,10-11H2,1-3H3,(H,24,25)/t14-,16+/m1/s1. The summed E-state index contributed by atoms with van der Waals surface area (Å²) in [5.41, 5.74) is 1.23. The molecule has 0 aliphatic carbocycles. The van der Waals surface area contributed by atoms with Crippen LogP contribution < -0.4 is 10.1 Å². The van der Waals surface area contributed by atoms with Crippen molar-refractivity contribution in [3.8, 4) is 5.75 Å². The van der Waals surface area contributed by atoms with E-state index in [0.717, 1.165) is 11.6 Å². The second-order valence-electron chi connectivity index (χ2n) is 7.10. The molecular formula is C19H26N4O4. The molecule has 8 nitrogen and oxygen atoms in total. The van der Waals surface area contributed by atoms with E-state index in [1.54, 1.807) is 0 Å². The van der Waals surface area contributed by atoms with Crippen LogP contribution in [0.3, 0.4) is 0 Å². The number of nitrogens with one attached hydrogen (secondary N) is 1. The third-order valence-corrected chi connectivity index (χ3v) is 4.78. The van der Waals surface area contributed by atoms with Gasteiger partial charge in [0.1, 0.15) is 18.5 Å². The van der Waals surface area contributed by atoms with Gasteiger partial charge in [-0.05, 0) is 36.5 Å². The highest BCUT2D eigenvalue weighted by atomic mass is 16.5. The highest BCUT2D eigenvalue weighted by Crippen LogP contribution is 2.27. The predicted octanol–water partition coefficient (Wildman–Crippen LogP) is 3.01. The van der Waals surface area contributed by atoms with Crippen LogP contribution in [-0.4, -0.2) is 38.6 Å². The molecule has 0 radical (unpaired) electrons. The van der Waals surface area contributed by atoms with Gasteiger partial charge in [-0.15, -0.1) is 10.2 Å². The molecule has 1 amide bonds. The molecule has 27 heavy (non-hydrogen) atoms. The van der Waals surface area contributed by atoms with Gasteiger partial charge in [-0.1, -0.05) is 26.0 Å². The third-order valence-electron chi connectivity index (χ3n) is 4.78. The molecule has 1 aliphatic heterocycles. The van der Waals surface area contributed by atoms with Gasteiger partial charge in [0.25, 0.3) is 0 Å². The fraction of sp³-hybridized carbons (Fsp3) is 0.526. The van der Waals surface area contributed by atoms with Crippen LogP contribution in [0.25, 0.3) is 0 Å². The van der Waals surface area contributed by atoms with Crippen molar-refractivity contribution < 1.29 is 19.4 Å². The largest absolute Gasteiger partial charge is 0.486 e. The van der Waals surface area contributed by atoms with E-state index >= 15 is 0 Å². The molecule has 2 aromatic rings. The minimum absolute atomic E-state index is 0.178. The third kappa shape index (κ3) is 4.77. The first-order chi connectivity index (χ1) is 12.9. The van der Waals surface area contributed by atoms with E-state index < -0.39 is 6.09 Å². The highest BCUT2D eigenvalue weighted by molar-refractivity contribution is 5.64. The first-order valence-electron chi connectivity index (χ1n) is 9.16. The Bertz CT molecular complexity index is 782. The molecule has 146 valence electrons. The topological polar surface area (TPSA) is 98.5 Å². The van der Waals surface area contributed by atoms with Crippen LogP contribution in [0.15, 0.2) is 24.3 Å². The van der Waals surface area contributed by atoms with Crippen LogP contribution in [0.1, 0.15) is 55.9 Å². The Hall–Kier alpha value is -2.61. The molecule has 0 unspecified atom stereocenters. The molecule has 1 aromatic heterocycles.